The predicted octanol–water partition coefficient (Wildman–Crippen LogP) is 1.52. The first-order chi connectivity index (χ1) is 11.7. The summed E-state index contributed by atoms with van der Waals surface area (Å²) in [5.74, 6) is 1.66. The minimum Gasteiger partial charge on any atom is -0.334 e. The Kier molecular flexibility index (Phi) is 5.43. The molecule has 0 saturated carbocycles. The molecule has 1 aliphatic rings. The van der Waals surface area contributed by atoms with Crippen LogP contribution in [0, 0.1) is 6.92 Å². The van der Waals surface area contributed by atoms with Gasteiger partial charge in [-0.25, -0.2) is 14.8 Å². The molecule has 3 rings (SSSR count). The van der Waals surface area contributed by atoms with E-state index in [1.807, 2.05) is 29.8 Å². The van der Waals surface area contributed by atoms with E-state index in [0.717, 1.165) is 43.1 Å². The first kappa shape index (κ1) is 16.4. The van der Waals surface area contributed by atoms with Crippen LogP contribution in [0.2, 0.25) is 0 Å². The summed E-state index contributed by atoms with van der Waals surface area (Å²) in [5.41, 5.74) is 0.952. The molecule has 0 radical (unpaired) electrons. The lowest BCUT2D eigenvalue weighted by molar-refractivity contribution is 0.236. The van der Waals surface area contributed by atoms with E-state index >= 15 is 0 Å². The zero-order valence-corrected chi connectivity index (χ0v) is 14.0. The van der Waals surface area contributed by atoms with Crippen LogP contribution < -0.4 is 16.0 Å². The number of pyridine rings is 1. The maximum Gasteiger partial charge on any atom is 0.315 e. The Morgan fingerprint density at radius 2 is 2.29 bits per heavy atom. The van der Waals surface area contributed by atoms with E-state index in [4.69, 9.17) is 0 Å². The molecule has 0 bridgehead atoms. The van der Waals surface area contributed by atoms with Crippen LogP contribution in [0.15, 0.2) is 30.7 Å². The topological polar surface area (TPSA) is 83.9 Å². The molecule has 0 aliphatic carbocycles. The summed E-state index contributed by atoms with van der Waals surface area (Å²) in [5, 5.41) is 9.33. The van der Waals surface area contributed by atoms with Crippen LogP contribution in [0.3, 0.4) is 0 Å². The highest BCUT2D eigenvalue weighted by Crippen LogP contribution is 2.13. The monoisotopic (exact) mass is 328 g/mol. The number of aryl methyl sites for hydroxylation is 1. The summed E-state index contributed by atoms with van der Waals surface area (Å²) in [6.45, 7) is 4.22. The number of urea groups is 1. The van der Waals surface area contributed by atoms with Gasteiger partial charge in [-0.3, -0.25) is 4.57 Å². The average molecular weight is 328 g/mol. The highest BCUT2D eigenvalue weighted by Gasteiger charge is 2.15. The van der Waals surface area contributed by atoms with Gasteiger partial charge >= 0.3 is 6.03 Å². The molecular formula is C17H24N6O. The van der Waals surface area contributed by atoms with Crippen molar-refractivity contribution in [2.24, 2.45) is 0 Å². The highest BCUT2D eigenvalue weighted by molar-refractivity contribution is 5.74. The fourth-order valence-electron chi connectivity index (χ4n) is 2.94. The third-order valence-electron chi connectivity index (χ3n) is 4.24. The van der Waals surface area contributed by atoms with Crippen LogP contribution in [0.5, 0.6) is 0 Å². The van der Waals surface area contributed by atoms with Crippen LogP contribution in [0.1, 0.15) is 30.7 Å². The zero-order chi connectivity index (χ0) is 16.8. The van der Waals surface area contributed by atoms with Gasteiger partial charge in [-0.1, -0.05) is 12.5 Å². The molecule has 2 aromatic rings. The largest absolute Gasteiger partial charge is 0.334 e. The lowest BCUT2D eigenvalue weighted by atomic mass is 10.1. The molecule has 7 heteroatoms. The molecule has 3 heterocycles. The lowest BCUT2D eigenvalue weighted by Gasteiger charge is -2.17. The molecule has 2 amide bonds. The van der Waals surface area contributed by atoms with E-state index < -0.39 is 0 Å². The van der Waals surface area contributed by atoms with E-state index in [1.54, 1.807) is 12.4 Å². The molecule has 1 unspecified atom stereocenters. The van der Waals surface area contributed by atoms with Crippen molar-refractivity contribution in [3.8, 4) is 5.82 Å². The van der Waals surface area contributed by atoms with Gasteiger partial charge in [-0.2, -0.15) is 0 Å². The number of hydrogen-bond donors (Lipinski definition) is 3. The summed E-state index contributed by atoms with van der Waals surface area (Å²) in [6, 6.07) is 3.90. The van der Waals surface area contributed by atoms with Gasteiger partial charge < -0.3 is 16.0 Å². The molecule has 1 fully saturated rings. The van der Waals surface area contributed by atoms with Gasteiger partial charge in [0, 0.05) is 43.3 Å². The number of imidazole rings is 1. The van der Waals surface area contributed by atoms with E-state index in [0.29, 0.717) is 6.54 Å². The molecule has 24 heavy (non-hydrogen) atoms. The molecule has 0 spiro atoms. The second kappa shape index (κ2) is 7.92. The highest BCUT2D eigenvalue weighted by atomic mass is 16.2. The van der Waals surface area contributed by atoms with Gasteiger partial charge in [-0.15, -0.1) is 0 Å². The third kappa shape index (κ3) is 4.11. The SMILES string of the molecule is Cc1nccn1-c1ncccc1CNC(=O)NC1CCCCNC1. The average Bonchev–Trinajstić information content (AvgIpc) is 2.85. The zero-order valence-electron chi connectivity index (χ0n) is 14.0. The van der Waals surface area contributed by atoms with E-state index in [-0.39, 0.29) is 12.1 Å². The van der Waals surface area contributed by atoms with Crippen LogP contribution in [0.25, 0.3) is 5.82 Å². The van der Waals surface area contributed by atoms with Crippen molar-refractivity contribution < 1.29 is 4.79 Å². The van der Waals surface area contributed by atoms with Crippen molar-refractivity contribution in [2.75, 3.05) is 13.1 Å². The van der Waals surface area contributed by atoms with Gasteiger partial charge in [-0.05, 0) is 32.4 Å². The lowest BCUT2D eigenvalue weighted by Crippen LogP contribution is -2.45. The Bertz CT molecular complexity index is 675. The Morgan fingerprint density at radius 3 is 3.12 bits per heavy atom. The van der Waals surface area contributed by atoms with Crippen LogP contribution in [-0.4, -0.2) is 39.7 Å². The molecule has 1 aliphatic heterocycles. The van der Waals surface area contributed by atoms with Gasteiger partial charge in [0.05, 0.1) is 0 Å². The Hall–Kier alpha value is -2.41. The predicted molar refractivity (Wildman–Crippen MR) is 92.0 cm³/mol. The van der Waals surface area contributed by atoms with Crippen LogP contribution >= 0.6 is 0 Å². The smallest absolute Gasteiger partial charge is 0.315 e. The summed E-state index contributed by atoms with van der Waals surface area (Å²) in [6.07, 6.45) is 8.70. The molecule has 1 saturated heterocycles. The minimum absolute atomic E-state index is 0.138. The first-order valence-corrected chi connectivity index (χ1v) is 8.43. The molecule has 2 aromatic heterocycles. The normalized spacial score (nSPS) is 18.0. The van der Waals surface area contributed by atoms with E-state index in [2.05, 4.69) is 25.9 Å². The molecule has 128 valence electrons. The number of carbonyl (C=O) groups is 1. The van der Waals surface area contributed by atoms with Crippen molar-refractivity contribution in [3.63, 3.8) is 0 Å². The quantitative estimate of drug-likeness (QED) is 0.794. The Morgan fingerprint density at radius 1 is 1.38 bits per heavy atom. The fraction of sp³-hybridized carbons (Fsp3) is 0.471. The second-order valence-corrected chi connectivity index (χ2v) is 6.05. The van der Waals surface area contributed by atoms with Crippen molar-refractivity contribution in [2.45, 2.75) is 38.8 Å². The van der Waals surface area contributed by atoms with Crippen molar-refractivity contribution >= 4 is 6.03 Å². The molecule has 3 N–H and O–H groups in total. The number of amides is 2. The number of hydrogen-bond acceptors (Lipinski definition) is 4. The molecule has 0 aromatic carbocycles. The van der Waals surface area contributed by atoms with Gasteiger partial charge in [0.15, 0.2) is 0 Å². The summed E-state index contributed by atoms with van der Waals surface area (Å²) in [7, 11) is 0. The number of nitrogens with one attached hydrogen (secondary N) is 3. The Balaban J connectivity index is 1.60. The number of aromatic nitrogens is 3. The van der Waals surface area contributed by atoms with Gasteiger partial charge in [0.1, 0.15) is 11.6 Å². The number of rotatable bonds is 4. The van der Waals surface area contributed by atoms with Crippen molar-refractivity contribution in [1.82, 2.24) is 30.5 Å². The molecule has 1 atom stereocenters. The summed E-state index contributed by atoms with van der Waals surface area (Å²) >= 11 is 0. The van der Waals surface area contributed by atoms with Gasteiger partial charge in [0.2, 0.25) is 0 Å². The molecular weight excluding hydrogens is 304 g/mol. The summed E-state index contributed by atoms with van der Waals surface area (Å²) < 4.78 is 1.92. The van der Waals surface area contributed by atoms with Crippen LogP contribution in [-0.2, 0) is 6.54 Å². The van der Waals surface area contributed by atoms with Crippen molar-refractivity contribution in [3.05, 3.63) is 42.1 Å². The van der Waals surface area contributed by atoms with E-state index in [1.165, 1.54) is 6.42 Å². The van der Waals surface area contributed by atoms with E-state index in [9.17, 15) is 4.79 Å². The number of carbonyl (C=O) groups excluding carboxylic acids is 1. The first-order valence-electron chi connectivity index (χ1n) is 8.43. The minimum atomic E-state index is -0.138. The number of nitrogens with zero attached hydrogens (tertiary/aromatic N) is 3. The Labute approximate surface area is 141 Å². The molecule has 7 nitrogen and oxygen atoms in total. The van der Waals surface area contributed by atoms with Crippen LogP contribution in [0.4, 0.5) is 4.79 Å². The fourth-order valence-corrected chi connectivity index (χ4v) is 2.94. The van der Waals surface area contributed by atoms with Crippen molar-refractivity contribution in [1.29, 1.82) is 0 Å². The van der Waals surface area contributed by atoms with Gasteiger partial charge in [0.25, 0.3) is 0 Å². The third-order valence-corrected chi connectivity index (χ3v) is 4.24. The maximum atomic E-state index is 12.2. The summed E-state index contributed by atoms with van der Waals surface area (Å²) in [4.78, 5) is 20.8. The maximum absolute atomic E-state index is 12.2. The standard InChI is InChI=1S/C17H24N6O/c1-13-19-9-10-23(13)16-14(5-4-8-20-16)11-21-17(24)22-15-6-2-3-7-18-12-15/h4-5,8-10,15,18H,2-3,6-7,11-12H2,1H3,(H2,21,22,24). The second-order valence-electron chi connectivity index (χ2n) is 6.05.